The Labute approximate surface area is 163 Å². The van der Waals surface area contributed by atoms with Crippen molar-refractivity contribution in [3.05, 3.63) is 17.8 Å². The highest BCUT2D eigenvalue weighted by atomic mass is 35.5. The Morgan fingerprint density at radius 2 is 1.75 bits per heavy atom. The standard InChI is InChI=1S/C16H17ClN4O7/c1-7(22)25-4-10-12(26-8(2)23)13(27-9(3)24)16(28-10)21-6-20-11-14(17)18-5-19-15(11)21/h5-6,10,12-13,16H,4H2,1-3H3. The van der Waals surface area contributed by atoms with Crippen LogP contribution in [0.4, 0.5) is 0 Å². The van der Waals surface area contributed by atoms with Gasteiger partial charge in [-0.25, -0.2) is 15.0 Å². The Bertz CT molecular complexity index is 918. The van der Waals surface area contributed by atoms with E-state index in [0.717, 1.165) is 0 Å². The van der Waals surface area contributed by atoms with Crippen LogP contribution in [-0.2, 0) is 33.3 Å². The van der Waals surface area contributed by atoms with Gasteiger partial charge in [-0.1, -0.05) is 11.6 Å². The van der Waals surface area contributed by atoms with Crippen molar-refractivity contribution in [2.75, 3.05) is 6.61 Å². The van der Waals surface area contributed by atoms with Crippen molar-refractivity contribution >= 4 is 40.7 Å². The molecule has 3 rings (SSSR count). The average molecular weight is 413 g/mol. The maximum atomic E-state index is 11.7. The van der Waals surface area contributed by atoms with Gasteiger partial charge < -0.3 is 18.9 Å². The minimum absolute atomic E-state index is 0.138. The highest BCUT2D eigenvalue weighted by Gasteiger charge is 2.51. The van der Waals surface area contributed by atoms with E-state index in [2.05, 4.69) is 15.0 Å². The zero-order chi connectivity index (χ0) is 20.4. The molecule has 1 fully saturated rings. The maximum Gasteiger partial charge on any atom is 0.303 e. The Kier molecular flexibility index (Phi) is 5.75. The molecule has 2 aromatic rings. The van der Waals surface area contributed by atoms with Crippen LogP contribution in [0.1, 0.15) is 27.0 Å². The molecular weight excluding hydrogens is 396 g/mol. The van der Waals surface area contributed by atoms with E-state index in [-0.39, 0.29) is 11.8 Å². The van der Waals surface area contributed by atoms with Crippen LogP contribution in [0.25, 0.3) is 11.2 Å². The summed E-state index contributed by atoms with van der Waals surface area (Å²) in [5.74, 6) is -1.76. The summed E-state index contributed by atoms with van der Waals surface area (Å²) in [4.78, 5) is 46.6. The summed E-state index contributed by atoms with van der Waals surface area (Å²) in [7, 11) is 0. The van der Waals surface area contributed by atoms with Crippen molar-refractivity contribution in [2.45, 2.75) is 45.3 Å². The Hall–Kier alpha value is -2.79. The molecule has 0 saturated carbocycles. The molecule has 11 nitrogen and oxygen atoms in total. The predicted octanol–water partition coefficient (Wildman–Crippen LogP) is 0.804. The van der Waals surface area contributed by atoms with Gasteiger partial charge in [-0.15, -0.1) is 0 Å². The van der Waals surface area contributed by atoms with Crippen molar-refractivity contribution in [3.63, 3.8) is 0 Å². The largest absolute Gasteiger partial charge is 0.463 e. The zero-order valence-electron chi connectivity index (χ0n) is 15.2. The summed E-state index contributed by atoms with van der Waals surface area (Å²) in [5, 5.41) is 0.138. The first-order valence-electron chi connectivity index (χ1n) is 8.24. The molecule has 12 heteroatoms. The van der Waals surface area contributed by atoms with E-state index >= 15 is 0 Å². The highest BCUT2D eigenvalue weighted by molar-refractivity contribution is 6.33. The van der Waals surface area contributed by atoms with Crippen LogP contribution in [0.5, 0.6) is 0 Å². The molecule has 0 bridgehead atoms. The van der Waals surface area contributed by atoms with E-state index in [1.807, 2.05) is 0 Å². The monoisotopic (exact) mass is 412 g/mol. The third-order valence-corrected chi connectivity index (χ3v) is 4.21. The van der Waals surface area contributed by atoms with E-state index in [1.165, 1.54) is 38.0 Å². The van der Waals surface area contributed by atoms with E-state index in [1.54, 1.807) is 0 Å². The number of rotatable bonds is 5. The zero-order valence-corrected chi connectivity index (χ0v) is 16.0. The fraction of sp³-hybridized carbons (Fsp3) is 0.500. The van der Waals surface area contributed by atoms with Gasteiger partial charge in [-0.2, -0.15) is 0 Å². The Morgan fingerprint density at radius 3 is 2.39 bits per heavy atom. The first-order chi connectivity index (χ1) is 13.3. The fourth-order valence-electron chi connectivity index (χ4n) is 2.93. The van der Waals surface area contributed by atoms with Crippen molar-refractivity contribution in [2.24, 2.45) is 0 Å². The van der Waals surface area contributed by atoms with Gasteiger partial charge in [0, 0.05) is 20.8 Å². The number of ether oxygens (including phenoxy) is 4. The van der Waals surface area contributed by atoms with Crippen molar-refractivity contribution in [1.29, 1.82) is 0 Å². The molecule has 0 aromatic carbocycles. The van der Waals surface area contributed by atoms with Gasteiger partial charge in [0.1, 0.15) is 24.6 Å². The van der Waals surface area contributed by atoms with Gasteiger partial charge in [0.05, 0.1) is 6.33 Å². The number of halogens is 1. The van der Waals surface area contributed by atoms with E-state index in [0.29, 0.717) is 11.2 Å². The molecule has 1 saturated heterocycles. The minimum atomic E-state index is -1.03. The number of aromatic nitrogens is 4. The average Bonchev–Trinajstić information content (AvgIpc) is 3.16. The molecule has 1 aliphatic rings. The van der Waals surface area contributed by atoms with Gasteiger partial charge in [-0.3, -0.25) is 19.0 Å². The van der Waals surface area contributed by atoms with Gasteiger partial charge in [0.15, 0.2) is 29.2 Å². The highest BCUT2D eigenvalue weighted by Crippen LogP contribution is 2.36. The number of esters is 3. The second-order valence-corrected chi connectivity index (χ2v) is 6.36. The van der Waals surface area contributed by atoms with Crippen LogP contribution in [0.3, 0.4) is 0 Å². The summed E-state index contributed by atoms with van der Waals surface area (Å²) < 4.78 is 23.1. The SMILES string of the molecule is CC(=O)OCC1OC(n2cnc3c(Cl)ncnc32)C(OC(C)=O)C1OC(C)=O. The lowest BCUT2D eigenvalue weighted by molar-refractivity contribution is -0.166. The predicted molar refractivity (Wildman–Crippen MR) is 92.0 cm³/mol. The van der Waals surface area contributed by atoms with E-state index in [9.17, 15) is 14.4 Å². The quantitative estimate of drug-likeness (QED) is 0.394. The van der Waals surface area contributed by atoms with E-state index < -0.39 is 42.4 Å². The third-order valence-electron chi connectivity index (χ3n) is 3.93. The van der Waals surface area contributed by atoms with Crippen LogP contribution in [0.15, 0.2) is 12.7 Å². The van der Waals surface area contributed by atoms with E-state index in [4.69, 9.17) is 30.5 Å². The molecule has 0 amide bonds. The summed E-state index contributed by atoms with van der Waals surface area (Å²) in [5.41, 5.74) is 0.652. The summed E-state index contributed by atoms with van der Waals surface area (Å²) in [6.45, 7) is 3.45. The summed E-state index contributed by atoms with van der Waals surface area (Å²) in [6.07, 6.45) is -1.24. The normalized spacial score (nSPS) is 24.1. The first-order valence-corrected chi connectivity index (χ1v) is 8.62. The summed E-state index contributed by atoms with van der Waals surface area (Å²) >= 11 is 6.03. The van der Waals surface area contributed by atoms with Gasteiger partial charge >= 0.3 is 17.9 Å². The molecule has 4 unspecified atom stereocenters. The lowest BCUT2D eigenvalue weighted by Crippen LogP contribution is -2.40. The fourth-order valence-corrected chi connectivity index (χ4v) is 3.10. The van der Waals surface area contributed by atoms with Gasteiger partial charge in [0.2, 0.25) is 0 Å². The van der Waals surface area contributed by atoms with Crippen molar-refractivity contribution < 1.29 is 33.3 Å². The molecule has 0 aliphatic carbocycles. The molecule has 2 aromatic heterocycles. The molecule has 4 atom stereocenters. The second-order valence-electron chi connectivity index (χ2n) is 6.00. The molecule has 0 spiro atoms. The number of fused-ring (bicyclic) bond motifs is 1. The number of imidazole rings is 1. The smallest absolute Gasteiger partial charge is 0.303 e. The van der Waals surface area contributed by atoms with Crippen LogP contribution in [0, 0.1) is 0 Å². The molecule has 1 aliphatic heterocycles. The van der Waals surface area contributed by atoms with Crippen LogP contribution >= 0.6 is 11.6 Å². The van der Waals surface area contributed by atoms with Crippen molar-refractivity contribution in [3.8, 4) is 0 Å². The first kappa shape index (κ1) is 20.0. The third kappa shape index (κ3) is 4.04. The molecule has 150 valence electrons. The van der Waals surface area contributed by atoms with Crippen LogP contribution in [-0.4, -0.2) is 62.3 Å². The maximum absolute atomic E-state index is 11.7. The van der Waals surface area contributed by atoms with Crippen LogP contribution < -0.4 is 0 Å². The second kappa shape index (κ2) is 8.07. The Morgan fingerprint density at radius 1 is 1.07 bits per heavy atom. The Balaban J connectivity index is 2.01. The molecule has 3 heterocycles. The topological polar surface area (TPSA) is 132 Å². The number of hydrogen-bond donors (Lipinski definition) is 0. The number of carbonyl (C=O) groups is 3. The lowest BCUT2D eigenvalue weighted by Gasteiger charge is -2.23. The molecule has 0 radical (unpaired) electrons. The minimum Gasteiger partial charge on any atom is -0.463 e. The number of hydrogen-bond acceptors (Lipinski definition) is 10. The van der Waals surface area contributed by atoms with Gasteiger partial charge in [0.25, 0.3) is 0 Å². The van der Waals surface area contributed by atoms with Crippen LogP contribution in [0.2, 0.25) is 5.15 Å². The summed E-state index contributed by atoms with van der Waals surface area (Å²) in [6, 6.07) is 0. The van der Waals surface area contributed by atoms with Gasteiger partial charge in [-0.05, 0) is 0 Å². The molecule has 0 N–H and O–H groups in total. The lowest BCUT2D eigenvalue weighted by atomic mass is 10.1. The van der Waals surface area contributed by atoms with Crippen molar-refractivity contribution in [1.82, 2.24) is 19.5 Å². The number of carbonyl (C=O) groups excluding carboxylic acids is 3. The number of nitrogens with zero attached hydrogens (tertiary/aromatic N) is 4. The molecular formula is C16H17ClN4O7. The molecule has 28 heavy (non-hydrogen) atoms.